The number of terminal acetylenes is 1. The van der Waals surface area contributed by atoms with Gasteiger partial charge in [-0.05, 0) is 37.2 Å². The molecule has 0 saturated carbocycles. The molecule has 0 spiro atoms. The summed E-state index contributed by atoms with van der Waals surface area (Å²) in [5.74, 6) is 2.76. The first-order valence-corrected chi connectivity index (χ1v) is 13.2. The molecule has 3 fully saturated rings. The summed E-state index contributed by atoms with van der Waals surface area (Å²) in [6.45, 7) is 13.1. The number of likely N-dealkylation sites (tertiary alicyclic amines) is 1. The first kappa shape index (κ1) is 22.4. The summed E-state index contributed by atoms with van der Waals surface area (Å²) >= 11 is 0. The van der Waals surface area contributed by atoms with Crippen LogP contribution in [0, 0.1) is 23.2 Å². The number of anilines is 2. The summed E-state index contributed by atoms with van der Waals surface area (Å²) < 4.78 is 25.0. The van der Waals surface area contributed by atoms with Crippen LogP contribution in [-0.2, 0) is 10.0 Å². The number of benzene rings is 1. The van der Waals surface area contributed by atoms with Crippen molar-refractivity contribution >= 4 is 21.4 Å². The number of piperazine rings is 1. The molecule has 0 amide bonds. The minimum absolute atomic E-state index is 0.295. The molecule has 0 radical (unpaired) electrons. The second-order valence-electron chi connectivity index (χ2n) is 10.2. The van der Waals surface area contributed by atoms with Gasteiger partial charge in [0.1, 0.15) is 0 Å². The fraction of sp³-hybridized carbons (Fsp3) is 0.667. The van der Waals surface area contributed by atoms with Crippen LogP contribution in [0.3, 0.4) is 0 Å². The summed E-state index contributed by atoms with van der Waals surface area (Å²) in [5.41, 5.74) is 3.05. The molecule has 7 heteroatoms. The van der Waals surface area contributed by atoms with Gasteiger partial charge < -0.3 is 14.7 Å². The summed E-state index contributed by atoms with van der Waals surface area (Å²) in [4.78, 5) is 7.43. The molecule has 0 aromatic heterocycles. The first-order chi connectivity index (χ1) is 14.6. The Kier molecular flexibility index (Phi) is 6.01. The third kappa shape index (κ3) is 4.44. The Hall–Kier alpha value is -1.75. The smallest absolute Gasteiger partial charge is 0.211 e. The average molecular weight is 445 g/mol. The zero-order valence-electron chi connectivity index (χ0n) is 19.2. The maximum absolute atomic E-state index is 11.7. The maximum Gasteiger partial charge on any atom is 0.211 e. The number of rotatable bonds is 6. The molecule has 0 aliphatic carbocycles. The molecule has 3 aliphatic heterocycles. The molecular formula is C24H36N4O2S. The Labute approximate surface area is 188 Å². The monoisotopic (exact) mass is 444 g/mol. The number of fused-ring (bicyclic) bond motifs is 1. The average Bonchev–Trinajstić information content (AvgIpc) is 3.11. The normalized spacial score (nSPS) is 29.9. The van der Waals surface area contributed by atoms with Gasteiger partial charge in [-0.25, -0.2) is 8.42 Å². The van der Waals surface area contributed by atoms with Gasteiger partial charge in [-0.1, -0.05) is 13.8 Å². The van der Waals surface area contributed by atoms with Crippen molar-refractivity contribution in [3.05, 3.63) is 24.3 Å². The minimum atomic E-state index is -3.09. The lowest BCUT2D eigenvalue weighted by atomic mass is 9.71. The van der Waals surface area contributed by atoms with E-state index in [4.69, 9.17) is 6.42 Å². The van der Waals surface area contributed by atoms with Crippen molar-refractivity contribution < 1.29 is 8.42 Å². The Morgan fingerprint density at radius 2 is 1.42 bits per heavy atom. The van der Waals surface area contributed by atoms with Crippen molar-refractivity contribution in [2.45, 2.75) is 26.7 Å². The molecule has 170 valence electrons. The minimum Gasteiger partial charge on any atom is -0.370 e. The van der Waals surface area contributed by atoms with Crippen LogP contribution in [0.5, 0.6) is 0 Å². The molecule has 31 heavy (non-hydrogen) atoms. The molecule has 4 rings (SSSR count). The van der Waals surface area contributed by atoms with Gasteiger partial charge in [0.2, 0.25) is 10.0 Å². The number of sulfonamides is 1. The van der Waals surface area contributed by atoms with Crippen LogP contribution in [0.25, 0.3) is 0 Å². The zero-order valence-corrected chi connectivity index (χ0v) is 20.0. The van der Waals surface area contributed by atoms with Crippen LogP contribution in [0.4, 0.5) is 11.4 Å². The molecule has 2 atom stereocenters. The lowest BCUT2D eigenvalue weighted by molar-refractivity contribution is 0.212. The highest BCUT2D eigenvalue weighted by Crippen LogP contribution is 2.52. The molecule has 0 unspecified atom stereocenters. The van der Waals surface area contributed by atoms with Gasteiger partial charge in [0.15, 0.2) is 0 Å². The summed E-state index contributed by atoms with van der Waals surface area (Å²) in [5, 5.41) is 0. The molecule has 3 aliphatic rings. The number of hydrogen-bond donors (Lipinski definition) is 0. The van der Waals surface area contributed by atoms with E-state index in [1.54, 1.807) is 4.31 Å². The topological polar surface area (TPSA) is 47.1 Å². The fourth-order valence-corrected chi connectivity index (χ4v) is 6.53. The van der Waals surface area contributed by atoms with Crippen molar-refractivity contribution in [2.75, 3.05) is 75.0 Å². The van der Waals surface area contributed by atoms with Crippen LogP contribution in [-0.4, -0.2) is 82.8 Å². The van der Waals surface area contributed by atoms with Crippen LogP contribution in [0.1, 0.15) is 26.7 Å². The highest BCUT2D eigenvalue weighted by atomic mass is 32.2. The molecule has 1 aromatic carbocycles. The largest absolute Gasteiger partial charge is 0.370 e. The van der Waals surface area contributed by atoms with E-state index in [0.29, 0.717) is 23.9 Å². The lowest BCUT2D eigenvalue weighted by Gasteiger charge is -2.35. The van der Waals surface area contributed by atoms with Gasteiger partial charge in [0.25, 0.3) is 0 Å². The Bertz CT molecular complexity index is 913. The maximum atomic E-state index is 11.7. The van der Waals surface area contributed by atoms with Crippen molar-refractivity contribution in [1.29, 1.82) is 0 Å². The number of nitrogens with zero attached hydrogens (tertiary/aromatic N) is 4. The van der Waals surface area contributed by atoms with Gasteiger partial charge in [0, 0.05) is 81.0 Å². The quantitative estimate of drug-likeness (QED) is 0.498. The van der Waals surface area contributed by atoms with Gasteiger partial charge in [0.05, 0.1) is 6.26 Å². The summed E-state index contributed by atoms with van der Waals surface area (Å²) in [6.07, 6.45) is 8.67. The molecule has 3 saturated heterocycles. The van der Waals surface area contributed by atoms with E-state index in [1.165, 1.54) is 17.6 Å². The van der Waals surface area contributed by atoms with Gasteiger partial charge in [-0.15, -0.1) is 12.3 Å². The van der Waals surface area contributed by atoms with Crippen molar-refractivity contribution in [3.8, 4) is 12.3 Å². The molecule has 1 aromatic rings. The van der Waals surface area contributed by atoms with Crippen LogP contribution in [0.2, 0.25) is 0 Å². The van der Waals surface area contributed by atoms with Crippen LogP contribution < -0.4 is 9.80 Å². The number of unbranched alkanes of at least 4 members (excludes halogenated alkanes) is 1. The molecule has 3 heterocycles. The third-order valence-corrected chi connectivity index (χ3v) is 9.07. The Balaban J connectivity index is 1.36. The van der Waals surface area contributed by atoms with Gasteiger partial charge >= 0.3 is 0 Å². The van der Waals surface area contributed by atoms with E-state index < -0.39 is 10.0 Å². The predicted molar refractivity (Wildman–Crippen MR) is 128 cm³/mol. The van der Waals surface area contributed by atoms with E-state index in [2.05, 4.69) is 58.7 Å². The lowest BCUT2D eigenvalue weighted by Crippen LogP contribution is -2.48. The molecule has 0 N–H and O–H groups in total. The molecular weight excluding hydrogens is 408 g/mol. The van der Waals surface area contributed by atoms with E-state index >= 15 is 0 Å². The van der Waals surface area contributed by atoms with E-state index in [9.17, 15) is 8.42 Å². The SMILES string of the molecule is C#CCCCN1C[C@@]2(C)CN(c3ccc(N4CCN(S(C)(=O)=O)CC4)cc3)C[C@@]2(C)C1. The summed E-state index contributed by atoms with van der Waals surface area (Å²) in [7, 11) is -3.09. The highest BCUT2D eigenvalue weighted by Gasteiger charge is 2.57. The van der Waals surface area contributed by atoms with E-state index in [0.717, 1.165) is 58.7 Å². The molecule has 0 bridgehead atoms. The fourth-order valence-electron chi connectivity index (χ4n) is 5.70. The Morgan fingerprint density at radius 1 is 0.903 bits per heavy atom. The van der Waals surface area contributed by atoms with Crippen LogP contribution in [0.15, 0.2) is 24.3 Å². The standard InChI is InChI=1S/C24H36N4O2S/c1-5-6-7-12-25-17-23(2)19-27(20-24(23,3)18-25)22-10-8-21(9-11-22)26-13-15-28(16-14-26)31(4,29)30/h1,8-11H,6-7,12-20H2,2-4H3/t23-,24+. The zero-order chi connectivity index (χ0) is 22.3. The van der Waals surface area contributed by atoms with Gasteiger partial charge in [-0.2, -0.15) is 4.31 Å². The second-order valence-corrected chi connectivity index (χ2v) is 12.1. The molecule has 6 nitrogen and oxygen atoms in total. The first-order valence-electron chi connectivity index (χ1n) is 11.3. The van der Waals surface area contributed by atoms with Gasteiger partial charge in [-0.3, -0.25) is 0 Å². The number of hydrogen-bond acceptors (Lipinski definition) is 5. The van der Waals surface area contributed by atoms with E-state index in [-0.39, 0.29) is 0 Å². The second kappa shape index (κ2) is 8.31. The van der Waals surface area contributed by atoms with Crippen molar-refractivity contribution in [2.24, 2.45) is 10.8 Å². The Morgan fingerprint density at radius 3 is 1.90 bits per heavy atom. The third-order valence-electron chi connectivity index (χ3n) is 7.77. The van der Waals surface area contributed by atoms with Crippen molar-refractivity contribution in [3.63, 3.8) is 0 Å². The summed E-state index contributed by atoms with van der Waals surface area (Å²) in [6, 6.07) is 8.85. The van der Waals surface area contributed by atoms with Crippen molar-refractivity contribution in [1.82, 2.24) is 9.21 Å². The predicted octanol–water partition coefficient (Wildman–Crippen LogP) is 2.33. The highest BCUT2D eigenvalue weighted by molar-refractivity contribution is 7.88. The van der Waals surface area contributed by atoms with Crippen LogP contribution >= 0.6 is 0 Å². The van der Waals surface area contributed by atoms with E-state index in [1.807, 2.05) is 0 Å².